The lowest BCUT2D eigenvalue weighted by molar-refractivity contribution is -0.219. The topological polar surface area (TPSA) is 66.2 Å². The van der Waals surface area contributed by atoms with Crippen molar-refractivity contribution in [2.45, 2.75) is 40.8 Å². The molecule has 0 aliphatic heterocycles. The number of halogens is 4. The molecule has 0 atom stereocenters. The molecule has 0 spiro atoms. The van der Waals surface area contributed by atoms with E-state index in [0.717, 1.165) is 13.8 Å². The maximum absolute atomic E-state index is 12.8. The van der Waals surface area contributed by atoms with Crippen LogP contribution >= 0.6 is 11.6 Å². The summed E-state index contributed by atoms with van der Waals surface area (Å²) in [6, 6.07) is 4.31. The Kier molecular flexibility index (Phi) is 8.29. The van der Waals surface area contributed by atoms with Gasteiger partial charge in [0.15, 0.2) is 5.82 Å². The van der Waals surface area contributed by atoms with Gasteiger partial charge in [-0.1, -0.05) is 25.4 Å². The van der Waals surface area contributed by atoms with E-state index in [1.807, 2.05) is 13.8 Å². The number of pyridine rings is 1. The number of aromatic nitrogens is 3. The monoisotopic (exact) mass is 421 g/mol. The first-order valence-corrected chi connectivity index (χ1v) is 9.02. The third-order valence-electron chi connectivity index (χ3n) is 3.48. The second kappa shape index (κ2) is 9.77. The van der Waals surface area contributed by atoms with Crippen molar-refractivity contribution in [3.05, 3.63) is 35.1 Å². The highest BCUT2D eigenvalue weighted by Gasteiger charge is 2.48. The van der Waals surface area contributed by atoms with Crippen LogP contribution in [0.5, 0.6) is 5.88 Å². The van der Waals surface area contributed by atoms with Gasteiger partial charge in [-0.05, 0) is 32.9 Å². The van der Waals surface area contributed by atoms with E-state index in [4.69, 9.17) is 21.1 Å². The molecule has 6 nitrogen and oxygen atoms in total. The Labute approximate surface area is 166 Å². The van der Waals surface area contributed by atoms with Crippen molar-refractivity contribution in [3.63, 3.8) is 0 Å². The second-order valence-corrected chi connectivity index (χ2v) is 6.36. The quantitative estimate of drug-likeness (QED) is 0.480. The van der Waals surface area contributed by atoms with Gasteiger partial charge in [0.2, 0.25) is 5.88 Å². The number of rotatable bonds is 6. The Morgan fingerprint density at radius 1 is 1.21 bits per heavy atom. The Hall–Kier alpha value is -2.29. The summed E-state index contributed by atoms with van der Waals surface area (Å²) in [4.78, 5) is 15.7. The van der Waals surface area contributed by atoms with Crippen LogP contribution in [-0.2, 0) is 4.74 Å². The SMILES string of the molecule is CC.CCOC(=O)c1ccc(-n2ccc(OCC(C)(C)C(F)(F)F)n2)nc1Cl. The summed E-state index contributed by atoms with van der Waals surface area (Å²) < 4.78 is 49.8. The van der Waals surface area contributed by atoms with Gasteiger partial charge in [-0.3, -0.25) is 0 Å². The average Bonchev–Trinajstić information content (AvgIpc) is 3.10. The van der Waals surface area contributed by atoms with E-state index in [1.54, 1.807) is 6.92 Å². The van der Waals surface area contributed by atoms with Crippen LogP contribution in [0.25, 0.3) is 5.82 Å². The van der Waals surface area contributed by atoms with Gasteiger partial charge in [0.1, 0.15) is 11.8 Å². The molecule has 2 rings (SSSR count). The summed E-state index contributed by atoms with van der Waals surface area (Å²) in [5.41, 5.74) is -1.91. The normalized spacial score (nSPS) is 11.5. The number of alkyl halides is 3. The Morgan fingerprint density at radius 3 is 2.39 bits per heavy atom. The lowest BCUT2D eigenvalue weighted by atomic mass is 9.94. The predicted molar refractivity (Wildman–Crippen MR) is 99.0 cm³/mol. The molecule has 0 saturated carbocycles. The van der Waals surface area contributed by atoms with E-state index in [2.05, 4.69) is 10.1 Å². The van der Waals surface area contributed by atoms with Gasteiger partial charge >= 0.3 is 12.1 Å². The number of carbonyl (C=O) groups is 1. The Balaban J connectivity index is 0.00000190. The molecular formula is C18H23ClF3N3O3. The highest BCUT2D eigenvalue weighted by Crippen LogP contribution is 2.37. The predicted octanol–water partition coefficient (Wildman–Crippen LogP) is 5.09. The van der Waals surface area contributed by atoms with Gasteiger partial charge in [-0.2, -0.15) is 13.2 Å². The van der Waals surface area contributed by atoms with Gasteiger partial charge in [-0.25, -0.2) is 14.5 Å². The molecule has 2 aromatic rings. The minimum atomic E-state index is -4.40. The third kappa shape index (κ3) is 5.85. The van der Waals surface area contributed by atoms with E-state index in [9.17, 15) is 18.0 Å². The van der Waals surface area contributed by atoms with E-state index in [0.29, 0.717) is 0 Å². The molecule has 10 heteroatoms. The van der Waals surface area contributed by atoms with Crippen LogP contribution in [0, 0.1) is 5.41 Å². The molecule has 0 aliphatic carbocycles. The van der Waals surface area contributed by atoms with Crippen molar-refractivity contribution < 1.29 is 27.4 Å². The van der Waals surface area contributed by atoms with Crippen molar-refractivity contribution in [2.24, 2.45) is 5.41 Å². The molecule has 0 saturated heterocycles. The molecule has 0 unspecified atom stereocenters. The molecule has 2 heterocycles. The molecule has 0 N–H and O–H groups in total. The van der Waals surface area contributed by atoms with Crippen LogP contribution in [0.3, 0.4) is 0 Å². The van der Waals surface area contributed by atoms with E-state index >= 15 is 0 Å². The maximum Gasteiger partial charge on any atom is 0.397 e. The van der Waals surface area contributed by atoms with Gasteiger partial charge in [0.05, 0.1) is 17.6 Å². The summed E-state index contributed by atoms with van der Waals surface area (Å²) in [6.45, 7) is 7.37. The van der Waals surface area contributed by atoms with Crippen LogP contribution in [0.2, 0.25) is 5.15 Å². The van der Waals surface area contributed by atoms with Crippen LogP contribution < -0.4 is 4.74 Å². The van der Waals surface area contributed by atoms with Crippen LogP contribution in [0.15, 0.2) is 24.4 Å². The smallest absolute Gasteiger partial charge is 0.397 e. The fourth-order valence-electron chi connectivity index (χ4n) is 1.76. The van der Waals surface area contributed by atoms with E-state index < -0.39 is 24.2 Å². The molecule has 2 aromatic heterocycles. The minimum Gasteiger partial charge on any atom is -0.476 e. The van der Waals surface area contributed by atoms with Gasteiger partial charge < -0.3 is 9.47 Å². The van der Waals surface area contributed by atoms with Crippen molar-refractivity contribution in [1.82, 2.24) is 14.8 Å². The number of nitrogens with zero attached hydrogens (tertiary/aromatic N) is 3. The summed E-state index contributed by atoms with van der Waals surface area (Å²) >= 11 is 5.98. The average molecular weight is 422 g/mol. The Bertz CT molecular complexity index is 792. The highest BCUT2D eigenvalue weighted by molar-refractivity contribution is 6.32. The van der Waals surface area contributed by atoms with Crippen LogP contribution in [-0.4, -0.2) is 40.1 Å². The minimum absolute atomic E-state index is 0.00900. The molecule has 0 radical (unpaired) electrons. The third-order valence-corrected chi connectivity index (χ3v) is 3.77. The van der Waals surface area contributed by atoms with Gasteiger partial charge in [0, 0.05) is 12.3 Å². The molecule has 0 aromatic carbocycles. The molecule has 0 fully saturated rings. The van der Waals surface area contributed by atoms with Gasteiger partial charge in [-0.15, -0.1) is 5.10 Å². The molecule has 0 aliphatic rings. The van der Waals surface area contributed by atoms with Crippen molar-refractivity contribution >= 4 is 17.6 Å². The first kappa shape index (κ1) is 23.7. The summed E-state index contributed by atoms with van der Waals surface area (Å²) in [7, 11) is 0. The van der Waals surface area contributed by atoms with E-state index in [-0.39, 0.29) is 29.0 Å². The lowest BCUT2D eigenvalue weighted by Gasteiger charge is -2.26. The lowest BCUT2D eigenvalue weighted by Crippen LogP contribution is -2.37. The largest absolute Gasteiger partial charge is 0.476 e. The summed E-state index contributed by atoms with van der Waals surface area (Å²) in [6.07, 6.45) is -2.94. The van der Waals surface area contributed by atoms with Crippen molar-refractivity contribution in [3.8, 4) is 11.7 Å². The number of ether oxygens (including phenoxy) is 2. The fourth-order valence-corrected chi connectivity index (χ4v) is 1.99. The number of esters is 1. The molecular weight excluding hydrogens is 399 g/mol. The second-order valence-electron chi connectivity index (χ2n) is 6.00. The van der Waals surface area contributed by atoms with Gasteiger partial charge in [0.25, 0.3) is 0 Å². The van der Waals surface area contributed by atoms with Crippen molar-refractivity contribution in [1.29, 1.82) is 0 Å². The fraction of sp³-hybridized carbons (Fsp3) is 0.500. The molecule has 0 amide bonds. The van der Waals surface area contributed by atoms with E-state index in [1.165, 1.54) is 29.1 Å². The number of carbonyl (C=O) groups excluding carboxylic acids is 1. The van der Waals surface area contributed by atoms with Crippen molar-refractivity contribution in [2.75, 3.05) is 13.2 Å². The first-order valence-electron chi connectivity index (χ1n) is 8.64. The highest BCUT2D eigenvalue weighted by atomic mass is 35.5. The maximum atomic E-state index is 12.8. The zero-order valence-electron chi connectivity index (χ0n) is 16.3. The summed E-state index contributed by atoms with van der Waals surface area (Å²) in [5, 5.41) is 3.94. The Morgan fingerprint density at radius 2 is 1.86 bits per heavy atom. The summed E-state index contributed by atoms with van der Waals surface area (Å²) in [5.74, 6) is -0.321. The standard InChI is InChI=1S/C16H17ClF3N3O3.C2H6/c1-4-25-14(24)10-5-6-11(21-13(10)17)23-8-7-12(22-23)26-9-15(2,3)16(18,19)20;1-2/h5-8H,4,9H2,1-3H3;1-2H3. The molecule has 28 heavy (non-hydrogen) atoms. The molecule has 0 bridgehead atoms. The number of hydrogen-bond acceptors (Lipinski definition) is 5. The van der Waals surface area contributed by atoms with Crippen LogP contribution in [0.1, 0.15) is 45.0 Å². The molecule has 156 valence electrons. The van der Waals surface area contributed by atoms with Crippen LogP contribution in [0.4, 0.5) is 13.2 Å². The number of hydrogen-bond donors (Lipinski definition) is 0. The first-order chi connectivity index (χ1) is 13.0. The zero-order valence-corrected chi connectivity index (χ0v) is 17.1. The zero-order chi connectivity index (χ0) is 21.5.